The summed E-state index contributed by atoms with van der Waals surface area (Å²) < 4.78 is 1.85. The van der Waals surface area contributed by atoms with E-state index in [0.717, 1.165) is 32.0 Å². The second-order valence-corrected chi connectivity index (χ2v) is 8.22. The van der Waals surface area contributed by atoms with Crippen LogP contribution in [0.4, 0.5) is 0 Å². The van der Waals surface area contributed by atoms with Crippen molar-refractivity contribution in [2.75, 3.05) is 34.2 Å². The zero-order valence-corrected chi connectivity index (χ0v) is 18.3. The summed E-state index contributed by atoms with van der Waals surface area (Å²) in [7, 11) is 7.97. The Morgan fingerprint density at radius 3 is 2.69 bits per heavy atom. The van der Waals surface area contributed by atoms with Crippen molar-refractivity contribution in [2.45, 2.75) is 38.0 Å². The Hall–Kier alpha value is -2.38. The topological polar surface area (TPSA) is 60.7 Å². The molecule has 29 heavy (non-hydrogen) atoms. The van der Waals surface area contributed by atoms with Crippen molar-refractivity contribution in [3.63, 3.8) is 0 Å². The van der Waals surface area contributed by atoms with Crippen LogP contribution in [-0.4, -0.2) is 71.9 Å². The number of benzene rings is 1. The van der Waals surface area contributed by atoms with Gasteiger partial charge in [0.2, 0.25) is 0 Å². The van der Waals surface area contributed by atoms with Crippen molar-refractivity contribution >= 4 is 5.96 Å². The molecule has 0 radical (unpaired) electrons. The number of nitrogens with zero attached hydrogens (tertiary/aromatic N) is 5. The fourth-order valence-electron chi connectivity index (χ4n) is 4.03. The van der Waals surface area contributed by atoms with Crippen LogP contribution in [0.3, 0.4) is 0 Å². The third-order valence-corrected chi connectivity index (χ3v) is 5.69. The van der Waals surface area contributed by atoms with Gasteiger partial charge < -0.3 is 15.5 Å². The molecule has 1 saturated heterocycles. The molecule has 3 unspecified atom stereocenters. The first-order chi connectivity index (χ1) is 14.0. The fraction of sp³-hybridized carbons (Fsp3) is 0.545. The quantitative estimate of drug-likeness (QED) is 0.552. The number of likely N-dealkylation sites (tertiary alicyclic amines) is 1. The van der Waals surface area contributed by atoms with E-state index in [4.69, 9.17) is 0 Å². The van der Waals surface area contributed by atoms with Crippen molar-refractivity contribution < 1.29 is 0 Å². The summed E-state index contributed by atoms with van der Waals surface area (Å²) in [5.74, 6) is 0.861. The zero-order valence-electron chi connectivity index (χ0n) is 18.3. The molecular weight excluding hydrogens is 362 g/mol. The van der Waals surface area contributed by atoms with Crippen LogP contribution >= 0.6 is 0 Å². The summed E-state index contributed by atoms with van der Waals surface area (Å²) in [5.41, 5.74) is 2.57. The molecule has 1 aliphatic heterocycles. The predicted molar refractivity (Wildman–Crippen MR) is 119 cm³/mol. The first-order valence-corrected chi connectivity index (χ1v) is 10.4. The zero-order chi connectivity index (χ0) is 20.8. The van der Waals surface area contributed by atoms with Gasteiger partial charge >= 0.3 is 0 Å². The molecule has 0 spiro atoms. The molecule has 1 aliphatic rings. The van der Waals surface area contributed by atoms with Crippen LogP contribution in [0.25, 0.3) is 0 Å². The summed E-state index contributed by atoms with van der Waals surface area (Å²) in [6.45, 7) is 5.10. The molecule has 1 fully saturated rings. The highest BCUT2D eigenvalue weighted by molar-refractivity contribution is 5.80. The minimum Gasteiger partial charge on any atom is -0.354 e. The molecule has 2 aromatic rings. The molecule has 7 heteroatoms. The number of hydrogen-bond acceptors (Lipinski definition) is 4. The highest BCUT2D eigenvalue weighted by Crippen LogP contribution is 2.20. The van der Waals surface area contributed by atoms with E-state index in [2.05, 4.69) is 88.1 Å². The van der Waals surface area contributed by atoms with E-state index in [1.54, 1.807) is 0 Å². The number of aryl methyl sites for hydroxylation is 1. The molecular formula is C22H35N7. The van der Waals surface area contributed by atoms with Gasteiger partial charge in [-0.25, -0.2) is 0 Å². The van der Waals surface area contributed by atoms with Gasteiger partial charge in [0.05, 0.1) is 12.2 Å². The highest BCUT2D eigenvalue weighted by atomic mass is 15.3. The maximum Gasteiger partial charge on any atom is 0.191 e. The van der Waals surface area contributed by atoms with Gasteiger partial charge in [-0.1, -0.05) is 30.3 Å². The monoisotopic (exact) mass is 397 g/mol. The Balaban J connectivity index is 1.53. The first kappa shape index (κ1) is 21.3. The van der Waals surface area contributed by atoms with E-state index in [1.807, 2.05) is 25.0 Å². The first-order valence-electron chi connectivity index (χ1n) is 10.4. The molecule has 1 aromatic carbocycles. The van der Waals surface area contributed by atoms with Gasteiger partial charge in [0.1, 0.15) is 0 Å². The number of guanidine groups is 1. The fourth-order valence-corrected chi connectivity index (χ4v) is 4.03. The van der Waals surface area contributed by atoms with Gasteiger partial charge in [0.25, 0.3) is 0 Å². The van der Waals surface area contributed by atoms with E-state index < -0.39 is 0 Å². The van der Waals surface area contributed by atoms with E-state index in [-0.39, 0.29) is 6.04 Å². The molecule has 0 saturated carbocycles. The van der Waals surface area contributed by atoms with Crippen LogP contribution in [0.15, 0.2) is 47.7 Å². The number of aliphatic imine (C=N–C) groups is 1. The van der Waals surface area contributed by atoms with Crippen LogP contribution < -0.4 is 10.6 Å². The van der Waals surface area contributed by atoms with E-state index in [0.29, 0.717) is 12.1 Å². The van der Waals surface area contributed by atoms with Crippen molar-refractivity contribution in [1.29, 1.82) is 0 Å². The maximum absolute atomic E-state index is 4.45. The largest absolute Gasteiger partial charge is 0.354 e. The average Bonchev–Trinajstić information content (AvgIpc) is 3.27. The van der Waals surface area contributed by atoms with Crippen molar-refractivity contribution in [2.24, 2.45) is 12.0 Å². The van der Waals surface area contributed by atoms with E-state index in [9.17, 15) is 0 Å². The predicted octanol–water partition coefficient (Wildman–Crippen LogP) is 1.85. The molecule has 3 rings (SSSR count). The number of rotatable bonds is 7. The molecule has 0 aliphatic carbocycles. The summed E-state index contributed by atoms with van der Waals surface area (Å²) in [6, 6.07) is 11.9. The summed E-state index contributed by atoms with van der Waals surface area (Å²) in [6.07, 6.45) is 5.12. The SMILES string of the molecule is CN=C(NCC(c1cnn(C)c1)N(C)C)NC1CC(C)N(Cc2ccccc2)C1. The minimum atomic E-state index is 0.235. The van der Waals surface area contributed by atoms with Crippen LogP contribution in [0.2, 0.25) is 0 Å². The molecule has 7 nitrogen and oxygen atoms in total. The van der Waals surface area contributed by atoms with E-state index in [1.165, 1.54) is 11.1 Å². The normalized spacial score (nSPS) is 21.5. The third kappa shape index (κ3) is 5.81. The van der Waals surface area contributed by atoms with Crippen LogP contribution in [0, 0.1) is 0 Å². The average molecular weight is 398 g/mol. The second-order valence-electron chi connectivity index (χ2n) is 8.22. The summed E-state index contributed by atoms with van der Waals surface area (Å²) in [4.78, 5) is 9.20. The van der Waals surface area contributed by atoms with E-state index >= 15 is 0 Å². The number of nitrogens with one attached hydrogen (secondary N) is 2. The molecule has 0 bridgehead atoms. The Kier molecular flexibility index (Phi) is 7.28. The van der Waals surface area contributed by atoms with Gasteiger partial charge in [-0.15, -0.1) is 0 Å². The Bertz CT molecular complexity index is 783. The Morgan fingerprint density at radius 2 is 2.07 bits per heavy atom. The van der Waals surface area contributed by atoms with Gasteiger partial charge in [-0.2, -0.15) is 5.10 Å². The number of hydrogen-bond donors (Lipinski definition) is 2. The van der Waals surface area contributed by atoms with Gasteiger partial charge in [-0.05, 0) is 33.0 Å². The van der Waals surface area contributed by atoms with Gasteiger partial charge in [0, 0.05) is 57.6 Å². The lowest BCUT2D eigenvalue weighted by atomic mass is 10.1. The highest BCUT2D eigenvalue weighted by Gasteiger charge is 2.29. The second kappa shape index (κ2) is 9.89. The lowest BCUT2D eigenvalue weighted by Crippen LogP contribution is -2.46. The molecule has 0 amide bonds. The van der Waals surface area contributed by atoms with Crippen molar-refractivity contribution in [3.8, 4) is 0 Å². The minimum absolute atomic E-state index is 0.235. The molecule has 3 atom stereocenters. The lowest BCUT2D eigenvalue weighted by Gasteiger charge is -2.25. The summed E-state index contributed by atoms with van der Waals surface area (Å²) >= 11 is 0. The van der Waals surface area contributed by atoms with Gasteiger partial charge in [0.15, 0.2) is 5.96 Å². The third-order valence-electron chi connectivity index (χ3n) is 5.69. The number of likely N-dealkylation sites (N-methyl/N-ethyl adjacent to an activating group) is 1. The number of aromatic nitrogens is 2. The van der Waals surface area contributed by atoms with Crippen LogP contribution in [0.5, 0.6) is 0 Å². The molecule has 2 N–H and O–H groups in total. The maximum atomic E-state index is 4.45. The standard InChI is InChI=1S/C22H35N7/c1-17-11-20(16-29(17)14-18-9-7-6-8-10-18)26-22(23-2)24-13-21(27(3)4)19-12-25-28(5)15-19/h6-10,12,15,17,20-21H,11,13-14,16H2,1-5H3,(H2,23,24,26). The van der Waals surface area contributed by atoms with Crippen molar-refractivity contribution in [3.05, 3.63) is 53.9 Å². The smallest absolute Gasteiger partial charge is 0.191 e. The molecule has 1 aromatic heterocycles. The van der Waals surface area contributed by atoms with Gasteiger partial charge in [-0.3, -0.25) is 14.6 Å². The lowest BCUT2D eigenvalue weighted by molar-refractivity contribution is 0.258. The molecule has 2 heterocycles. The van der Waals surface area contributed by atoms with Crippen molar-refractivity contribution in [1.82, 2.24) is 30.2 Å². The Labute approximate surface area is 174 Å². The van der Waals surface area contributed by atoms with Crippen LogP contribution in [0.1, 0.15) is 30.5 Å². The molecule has 158 valence electrons. The summed E-state index contributed by atoms with van der Waals surface area (Å²) in [5, 5.41) is 11.4. The van der Waals surface area contributed by atoms with Crippen LogP contribution in [-0.2, 0) is 13.6 Å². The Morgan fingerprint density at radius 1 is 1.31 bits per heavy atom.